The SMILES string of the molecule is CCCc1ccc(-c2nc(NC(=O)Cc3cc(OC)c(OC)c(OC)c3)sc2C)cc1. The van der Waals surface area contributed by atoms with Crippen molar-refractivity contribution < 1.29 is 19.0 Å². The van der Waals surface area contributed by atoms with Crippen LogP contribution in [-0.4, -0.2) is 32.2 Å². The maximum absolute atomic E-state index is 12.7. The number of nitrogens with one attached hydrogen (secondary N) is 1. The van der Waals surface area contributed by atoms with Gasteiger partial charge in [0.05, 0.1) is 33.4 Å². The number of methoxy groups -OCH3 is 3. The van der Waals surface area contributed by atoms with Crippen molar-refractivity contribution in [3.8, 4) is 28.5 Å². The molecule has 31 heavy (non-hydrogen) atoms. The summed E-state index contributed by atoms with van der Waals surface area (Å²) in [5, 5.41) is 3.50. The summed E-state index contributed by atoms with van der Waals surface area (Å²) in [7, 11) is 4.65. The maximum atomic E-state index is 12.7. The number of hydrogen-bond acceptors (Lipinski definition) is 6. The Hall–Kier alpha value is -3.06. The van der Waals surface area contributed by atoms with Crippen LogP contribution < -0.4 is 19.5 Å². The van der Waals surface area contributed by atoms with E-state index in [2.05, 4.69) is 41.5 Å². The van der Waals surface area contributed by atoms with Crippen molar-refractivity contribution >= 4 is 22.4 Å². The number of thiazole rings is 1. The number of anilines is 1. The minimum absolute atomic E-state index is 0.159. The zero-order valence-corrected chi connectivity index (χ0v) is 19.4. The Balaban J connectivity index is 1.74. The number of carbonyl (C=O) groups excluding carboxylic acids is 1. The molecule has 0 aliphatic heterocycles. The highest BCUT2D eigenvalue weighted by Gasteiger charge is 2.16. The van der Waals surface area contributed by atoms with Crippen molar-refractivity contribution in [3.63, 3.8) is 0 Å². The summed E-state index contributed by atoms with van der Waals surface area (Å²) in [4.78, 5) is 18.4. The van der Waals surface area contributed by atoms with Crippen LogP contribution in [0, 0.1) is 6.92 Å². The summed E-state index contributed by atoms with van der Waals surface area (Å²) in [6, 6.07) is 12.0. The van der Waals surface area contributed by atoms with Gasteiger partial charge in [0.25, 0.3) is 0 Å². The number of aromatic nitrogens is 1. The molecule has 0 aliphatic rings. The van der Waals surface area contributed by atoms with E-state index in [0.29, 0.717) is 22.4 Å². The standard InChI is InChI=1S/C24H28N2O4S/c1-6-7-16-8-10-18(11-9-16)22-15(2)31-24(26-22)25-21(27)14-17-12-19(28-3)23(30-5)20(13-17)29-4/h8-13H,6-7,14H2,1-5H3,(H,25,26,27). The van der Waals surface area contributed by atoms with Gasteiger partial charge in [-0.15, -0.1) is 11.3 Å². The first-order valence-corrected chi connectivity index (χ1v) is 11.0. The van der Waals surface area contributed by atoms with Gasteiger partial charge < -0.3 is 19.5 Å². The molecule has 0 spiro atoms. The first kappa shape index (κ1) is 22.6. The summed E-state index contributed by atoms with van der Waals surface area (Å²) in [6.45, 7) is 4.19. The van der Waals surface area contributed by atoms with Gasteiger partial charge in [-0.05, 0) is 36.6 Å². The lowest BCUT2D eigenvalue weighted by atomic mass is 10.1. The van der Waals surface area contributed by atoms with Gasteiger partial charge in [0.1, 0.15) is 0 Å². The second-order valence-corrected chi connectivity index (χ2v) is 8.33. The largest absolute Gasteiger partial charge is 0.493 e. The Kier molecular flexibility index (Phi) is 7.52. The highest BCUT2D eigenvalue weighted by Crippen LogP contribution is 2.38. The van der Waals surface area contributed by atoms with E-state index in [4.69, 9.17) is 14.2 Å². The van der Waals surface area contributed by atoms with Gasteiger partial charge in [0, 0.05) is 10.4 Å². The van der Waals surface area contributed by atoms with Crippen LogP contribution in [-0.2, 0) is 17.6 Å². The summed E-state index contributed by atoms with van der Waals surface area (Å²) in [5.41, 5.74) is 4.03. The normalized spacial score (nSPS) is 10.6. The number of rotatable bonds is 9. The van der Waals surface area contributed by atoms with E-state index in [1.54, 1.807) is 33.5 Å². The minimum atomic E-state index is -0.159. The van der Waals surface area contributed by atoms with Gasteiger partial charge in [-0.3, -0.25) is 4.79 Å². The molecule has 0 aliphatic carbocycles. The fourth-order valence-corrected chi connectivity index (χ4v) is 4.27. The number of nitrogens with zero attached hydrogens (tertiary/aromatic N) is 1. The summed E-state index contributed by atoms with van der Waals surface area (Å²) >= 11 is 1.47. The molecule has 0 unspecified atom stereocenters. The van der Waals surface area contributed by atoms with E-state index >= 15 is 0 Å². The first-order valence-electron chi connectivity index (χ1n) is 10.1. The van der Waals surface area contributed by atoms with E-state index in [1.807, 2.05) is 6.92 Å². The number of aryl methyl sites for hydroxylation is 2. The van der Waals surface area contributed by atoms with Crippen molar-refractivity contribution in [2.45, 2.75) is 33.1 Å². The third-order valence-electron chi connectivity index (χ3n) is 4.90. The summed E-state index contributed by atoms with van der Waals surface area (Å²) in [6.07, 6.45) is 2.35. The lowest BCUT2D eigenvalue weighted by Crippen LogP contribution is -2.14. The molecule has 0 saturated heterocycles. The van der Waals surface area contributed by atoms with Crippen molar-refractivity contribution in [2.75, 3.05) is 26.6 Å². The average Bonchev–Trinajstić information content (AvgIpc) is 3.13. The molecule has 0 saturated carbocycles. The molecule has 1 heterocycles. The third-order valence-corrected chi connectivity index (χ3v) is 5.78. The predicted molar refractivity (Wildman–Crippen MR) is 125 cm³/mol. The highest BCUT2D eigenvalue weighted by molar-refractivity contribution is 7.16. The van der Waals surface area contributed by atoms with Crippen molar-refractivity contribution in [1.82, 2.24) is 4.98 Å². The molecule has 3 rings (SSSR count). The number of amides is 1. The van der Waals surface area contributed by atoms with Crippen LogP contribution in [0.15, 0.2) is 36.4 Å². The fraction of sp³-hybridized carbons (Fsp3) is 0.333. The predicted octanol–water partition coefficient (Wildman–Crippen LogP) is 5.28. The molecular weight excluding hydrogens is 412 g/mol. The molecule has 0 radical (unpaired) electrons. The third kappa shape index (κ3) is 5.35. The Morgan fingerprint density at radius 2 is 1.65 bits per heavy atom. The molecule has 1 N–H and O–H groups in total. The lowest BCUT2D eigenvalue weighted by molar-refractivity contribution is -0.115. The van der Waals surface area contributed by atoms with Gasteiger partial charge in [-0.1, -0.05) is 37.6 Å². The Morgan fingerprint density at radius 1 is 1.00 bits per heavy atom. The van der Waals surface area contributed by atoms with Gasteiger partial charge in [-0.25, -0.2) is 4.98 Å². The highest BCUT2D eigenvalue weighted by atomic mass is 32.1. The molecule has 164 valence electrons. The molecule has 6 nitrogen and oxygen atoms in total. The smallest absolute Gasteiger partial charge is 0.230 e. The van der Waals surface area contributed by atoms with Gasteiger partial charge in [0.15, 0.2) is 16.6 Å². The van der Waals surface area contributed by atoms with Gasteiger partial charge >= 0.3 is 0 Å². The Morgan fingerprint density at radius 3 is 2.19 bits per heavy atom. The molecule has 2 aromatic carbocycles. The van der Waals surface area contributed by atoms with Crippen LogP contribution in [0.1, 0.15) is 29.3 Å². The number of carbonyl (C=O) groups is 1. The van der Waals surface area contributed by atoms with Crippen LogP contribution in [0.25, 0.3) is 11.3 Å². The van der Waals surface area contributed by atoms with Crippen LogP contribution in [0.5, 0.6) is 17.2 Å². The Bertz CT molecular complexity index is 1020. The monoisotopic (exact) mass is 440 g/mol. The summed E-state index contributed by atoms with van der Waals surface area (Å²) < 4.78 is 16.1. The topological polar surface area (TPSA) is 69.7 Å². The number of ether oxygens (including phenoxy) is 3. The van der Waals surface area contributed by atoms with E-state index in [9.17, 15) is 4.79 Å². The van der Waals surface area contributed by atoms with Crippen molar-refractivity contribution in [1.29, 1.82) is 0 Å². The molecule has 0 atom stereocenters. The maximum Gasteiger partial charge on any atom is 0.230 e. The van der Waals surface area contributed by atoms with E-state index in [0.717, 1.165) is 34.5 Å². The van der Waals surface area contributed by atoms with Crippen LogP contribution in [0.2, 0.25) is 0 Å². The lowest BCUT2D eigenvalue weighted by Gasteiger charge is -2.13. The van der Waals surface area contributed by atoms with Crippen molar-refractivity contribution in [2.24, 2.45) is 0 Å². The van der Waals surface area contributed by atoms with E-state index < -0.39 is 0 Å². The summed E-state index contributed by atoms with van der Waals surface area (Å²) in [5.74, 6) is 1.37. The van der Waals surface area contributed by atoms with Crippen molar-refractivity contribution in [3.05, 3.63) is 52.4 Å². The minimum Gasteiger partial charge on any atom is -0.493 e. The molecule has 3 aromatic rings. The molecular formula is C24H28N2O4S. The quantitative estimate of drug-likeness (QED) is 0.490. The second kappa shape index (κ2) is 10.3. The average molecular weight is 441 g/mol. The van der Waals surface area contributed by atoms with Crippen LogP contribution in [0.3, 0.4) is 0 Å². The van der Waals surface area contributed by atoms with E-state index in [1.165, 1.54) is 16.9 Å². The first-order chi connectivity index (χ1) is 15.0. The zero-order valence-electron chi connectivity index (χ0n) is 18.6. The second-order valence-electron chi connectivity index (χ2n) is 7.13. The number of benzene rings is 2. The molecule has 1 aromatic heterocycles. The van der Waals surface area contributed by atoms with Gasteiger partial charge in [-0.2, -0.15) is 0 Å². The zero-order chi connectivity index (χ0) is 22.4. The molecule has 1 amide bonds. The number of hydrogen-bond donors (Lipinski definition) is 1. The van der Waals surface area contributed by atoms with Crippen LogP contribution in [0.4, 0.5) is 5.13 Å². The van der Waals surface area contributed by atoms with E-state index in [-0.39, 0.29) is 12.3 Å². The Labute approximate surface area is 187 Å². The molecule has 0 fully saturated rings. The molecule has 0 bridgehead atoms. The fourth-order valence-electron chi connectivity index (χ4n) is 3.42. The van der Waals surface area contributed by atoms with Gasteiger partial charge in [0.2, 0.25) is 11.7 Å². The molecule has 7 heteroatoms. The van der Waals surface area contributed by atoms with Crippen LogP contribution >= 0.6 is 11.3 Å².